The van der Waals surface area contributed by atoms with Crippen LogP contribution in [0.15, 0.2) is 54.0 Å². The van der Waals surface area contributed by atoms with E-state index in [0.717, 1.165) is 21.7 Å². The maximum absolute atomic E-state index is 13.9. The van der Waals surface area contributed by atoms with E-state index < -0.39 is 35.6 Å². The summed E-state index contributed by atoms with van der Waals surface area (Å²) in [5.74, 6) is -0.200. The fourth-order valence-electron chi connectivity index (χ4n) is 7.56. The van der Waals surface area contributed by atoms with Crippen LogP contribution in [0, 0.1) is 12.3 Å². The number of aliphatic hydroxyl groups excluding tert-OH is 1. The first-order chi connectivity index (χ1) is 30.3. The highest BCUT2D eigenvalue weighted by Crippen LogP contribution is 2.32. The molecule has 3 N–H and O–H groups in total. The number of nitrogens with one attached hydrogen (secondary N) is 2. The lowest BCUT2D eigenvalue weighted by atomic mass is 9.85. The number of thiazole rings is 1. The van der Waals surface area contributed by atoms with Gasteiger partial charge in [0.05, 0.1) is 68.2 Å². The molecular formula is C45H60N6O11S. The van der Waals surface area contributed by atoms with Crippen LogP contribution in [0.2, 0.25) is 0 Å². The molecule has 6 rings (SSSR count). The van der Waals surface area contributed by atoms with Gasteiger partial charge in [0.25, 0.3) is 5.91 Å². The molecule has 0 radical (unpaired) electrons. The van der Waals surface area contributed by atoms with Crippen molar-refractivity contribution in [1.82, 2.24) is 30.3 Å². The highest BCUT2D eigenvalue weighted by atomic mass is 32.1. The van der Waals surface area contributed by atoms with Gasteiger partial charge in [0, 0.05) is 52.1 Å². The van der Waals surface area contributed by atoms with Crippen molar-refractivity contribution in [2.75, 3.05) is 79.0 Å². The Balaban J connectivity index is 0.808. The number of carbonyl (C=O) groups is 5. The zero-order valence-corrected chi connectivity index (χ0v) is 37.4. The SMILES string of the molecule is Cc1ncsc1-c1ccc(CNC(=O)[C@@H]2C[C@@H](O)CN2C(=O)[C@@H](NC(=O)CCOCCOCCOCCC(=O)N2CCN(C(=O)[C@H]3COc4ccccc4O3)CC2)C(C)(C)C)cc1. The van der Waals surface area contributed by atoms with Gasteiger partial charge in [-0.1, -0.05) is 57.2 Å². The van der Waals surface area contributed by atoms with Crippen LogP contribution in [0.1, 0.15) is 51.3 Å². The number of benzene rings is 2. The predicted molar refractivity (Wildman–Crippen MR) is 233 cm³/mol. The lowest BCUT2D eigenvalue weighted by Crippen LogP contribution is -2.57. The van der Waals surface area contributed by atoms with Crippen molar-refractivity contribution in [3.05, 3.63) is 65.3 Å². The Morgan fingerprint density at radius 3 is 2.16 bits per heavy atom. The van der Waals surface area contributed by atoms with E-state index in [1.165, 1.54) is 4.90 Å². The molecule has 0 aliphatic carbocycles. The second kappa shape index (κ2) is 22.5. The normalized spacial score (nSPS) is 19.1. The zero-order valence-electron chi connectivity index (χ0n) is 36.5. The summed E-state index contributed by atoms with van der Waals surface area (Å²) in [4.78, 5) is 76.2. The van der Waals surface area contributed by atoms with Crippen molar-refractivity contribution in [1.29, 1.82) is 0 Å². The first-order valence-electron chi connectivity index (χ1n) is 21.5. The van der Waals surface area contributed by atoms with E-state index in [9.17, 15) is 29.1 Å². The van der Waals surface area contributed by atoms with Crippen LogP contribution in [0.5, 0.6) is 11.5 Å². The van der Waals surface area contributed by atoms with E-state index >= 15 is 0 Å². The smallest absolute Gasteiger partial charge is 0.267 e. The van der Waals surface area contributed by atoms with Crippen molar-refractivity contribution in [3.8, 4) is 21.9 Å². The van der Waals surface area contributed by atoms with Gasteiger partial charge in [0.2, 0.25) is 29.7 Å². The summed E-state index contributed by atoms with van der Waals surface area (Å²) in [7, 11) is 0. The van der Waals surface area contributed by atoms with Crippen LogP contribution in [-0.4, -0.2) is 158 Å². The average Bonchev–Trinajstić information content (AvgIpc) is 3.90. The first kappa shape index (κ1) is 47.3. The number of hydrogen-bond acceptors (Lipinski definition) is 13. The summed E-state index contributed by atoms with van der Waals surface area (Å²) >= 11 is 1.57. The molecule has 1 aromatic heterocycles. The van der Waals surface area contributed by atoms with Crippen molar-refractivity contribution < 1.29 is 52.8 Å². The maximum Gasteiger partial charge on any atom is 0.267 e. The standard InChI is InChI=1S/C45H60N6O11S/c1-30-40(63-29-47-30)32-11-9-31(10-12-32)26-46-42(55)34-25-33(52)27-51(34)44(57)41(45(2,3)4)48-38(53)13-19-58-21-23-60-24-22-59-20-14-39(54)49-15-17-50(18-16-49)43(56)37-28-61-35-7-5-6-8-36(35)62-37/h5-12,29,33-34,37,41,52H,13-28H2,1-4H3,(H,46,55)(H,48,53)/t33-,34+,37-,41-/m1/s1. The molecular weight excluding hydrogens is 833 g/mol. The minimum atomic E-state index is -0.940. The number of aliphatic hydroxyl groups is 1. The number of aromatic nitrogens is 1. The number of aryl methyl sites for hydroxylation is 1. The lowest BCUT2D eigenvalue weighted by molar-refractivity contribution is -0.146. The molecule has 0 unspecified atom stereocenters. The minimum absolute atomic E-state index is 0.00909. The number of likely N-dealkylation sites (tertiary alicyclic amines) is 1. The van der Waals surface area contributed by atoms with Crippen LogP contribution in [0.25, 0.3) is 10.4 Å². The molecule has 3 aromatic rings. The number of para-hydroxylation sites is 2. The maximum atomic E-state index is 13.9. The Bertz CT molecular complexity index is 2020. The Morgan fingerprint density at radius 2 is 1.51 bits per heavy atom. The molecule has 18 heteroatoms. The van der Waals surface area contributed by atoms with Crippen LogP contribution in [0.4, 0.5) is 0 Å². The topological polar surface area (TPSA) is 198 Å². The molecule has 2 fully saturated rings. The predicted octanol–water partition coefficient (Wildman–Crippen LogP) is 2.57. The average molecular weight is 893 g/mol. The molecule has 2 saturated heterocycles. The van der Waals surface area contributed by atoms with Crippen LogP contribution < -0.4 is 20.1 Å². The number of piperazine rings is 1. The quantitative estimate of drug-likeness (QED) is 0.149. The summed E-state index contributed by atoms with van der Waals surface area (Å²) in [6.45, 7) is 11.0. The van der Waals surface area contributed by atoms with E-state index in [4.69, 9.17) is 23.7 Å². The molecule has 17 nitrogen and oxygen atoms in total. The minimum Gasteiger partial charge on any atom is -0.485 e. The molecule has 0 bridgehead atoms. The molecule has 2 aromatic carbocycles. The van der Waals surface area contributed by atoms with Gasteiger partial charge in [-0.05, 0) is 35.6 Å². The Labute approximate surface area is 372 Å². The third-order valence-electron chi connectivity index (χ3n) is 11.1. The number of hydrogen-bond donors (Lipinski definition) is 3. The molecule has 342 valence electrons. The van der Waals surface area contributed by atoms with Gasteiger partial charge in [-0.15, -0.1) is 11.3 Å². The summed E-state index contributed by atoms with van der Waals surface area (Å²) in [5, 5.41) is 16.3. The molecule has 3 aliphatic rings. The van der Waals surface area contributed by atoms with Crippen molar-refractivity contribution >= 4 is 40.9 Å². The highest BCUT2D eigenvalue weighted by molar-refractivity contribution is 7.13. The van der Waals surface area contributed by atoms with E-state index in [1.807, 2.05) is 69.6 Å². The van der Waals surface area contributed by atoms with Crippen LogP contribution in [-0.2, 0) is 44.7 Å². The third-order valence-corrected chi connectivity index (χ3v) is 12.1. The van der Waals surface area contributed by atoms with Crippen LogP contribution >= 0.6 is 11.3 Å². The van der Waals surface area contributed by atoms with Gasteiger partial charge >= 0.3 is 0 Å². The highest BCUT2D eigenvalue weighted by Gasteiger charge is 2.44. The van der Waals surface area contributed by atoms with E-state index in [-0.39, 0.29) is 89.0 Å². The number of β-amino-alcohol motifs (C(OH)–C–C–N with tert-alkyl or cyclic N) is 1. The molecule has 4 atom stereocenters. The first-order valence-corrected chi connectivity index (χ1v) is 22.4. The molecule has 3 aliphatic heterocycles. The monoisotopic (exact) mass is 892 g/mol. The Kier molecular flexibility index (Phi) is 16.9. The largest absolute Gasteiger partial charge is 0.485 e. The Hall–Kier alpha value is -5.14. The van der Waals surface area contributed by atoms with Gasteiger partial charge in [0.1, 0.15) is 18.7 Å². The van der Waals surface area contributed by atoms with Gasteiger partial charge in [-0.2, -0.15) is 0 Å². The number of carbonyl (C=O) groups excluding carboxylic acids is 5. The molecule has 0 saturated carbocycles. The molecule has 0 spiro atoms. The fraction of sp³-hybridized carbons (Fsp3) is 0.556. The number of rotatable bonds is 19. The summed E-state index contributed by atoms with van der Waals surface area (Å²) < 4.78 is 28.3. The third kappa shape index (κ3) is 13.2. The van der Waals surface area contributed by atoms with E-state index in [0.29, 0.717) is 50.9 Å². The number of ether oxygens (including phenoxy) is 5. The van der Waals surface area contributed by atoms with Crippen molar-refractivity contribution in [3.63, 3.8) is 0 Å². The van der Waals surface area contributed by atoms with Crippen molar-refractivity contribution in [2.45, 2.75) is 77.8 Å². The van der Waals surface area contributed by atoms with E-state index in [2.05, 4.69) is 15.6 Å². The van der Waals surface area contributed by atoms with Gasteiger partial charge in [-0.25, -0.2) is 4.98 Å². The fourth-order valence-corrected chi connectivity index (χ4v) is 8.37. The molecule has 5 amide bonds. The van der Waals surface area contributed by atoms with Crippen molar-refractivity contribution in [2.24, 2.45) is 5.41 Å². The number of fused-ring (bicyclic) bond motifs is 1. The van der Waals surface area contributed by atoms with E-state index in [1.54, 1.807) is 33.3 Å². The second-order valence-electron chi connectivity index (χ2n) is 16.9. The van der Waals surface area contributed by atoms with Gasteiger partial charge < -0.3 is 54.1 Å². The number of amides is 5. The molecule has 4 heterocycles. The molecule has 63 heavy (non-hydrogen) atoms. The zero-order chi connectivity index (χ0) is 44.9. The second-order valence-corrected chi connectivity index (χ2v) is 17.7. The Morgan fingerprint density at radius 1 is 0.873 bits per heavy atom. The summed E-state index contributed by atoms with van der Waals surface area (Å²) in [5.41, 5.74) is 4.02. The number of nitrogens with zero attached hydrogens (tertiary/aromatic N) is 4. The van der Waals surface area contributed by atoms with Gasteiger partial charge in [-0.3, -0.25) is 24.0 Å². The summed E-state index contributed by atoms with van der Waals surface area (Å²) in [6, 6.07) is 13.3. The van der Waals surface area contributed by atoms with Crippen LogP contribution in [0.3, 0.4) is 0 Å². The van der Waals surface area contributed by atoms with Gasteiger partial charge in [0.15, 0.2) is 11.5 Å². The lowest BCUT2D eigenvalue weighted by Gasteiger charge is -2.37. The summed E-state index contributed by atoms with van der Waals surface area (Å²) in [6.07, 6.45) is -1.25.